The Morgan fingerprint density at radius 1 is 1.26 bits per heavy atom. The van der Waals surface area contributed by atoms with Crippen LogP contribution in [0.3, 0.4) is 0 Å². The zero-order chi connectivity index (χ0) is 17.5. The van der Waals surface area contributed by atoms with Crippen molar-refractivity contribution in [2.45, 2.75) is 24.7 Å². The molecule has 23 heavy (non-hydrogen) atoms. The fourth-order valence-electron chi connectivity index (χ4n) is 1.91. The molecule has 1 unspecified atom stereocenters. The lowest BCUT2D eigenvalue weighted by Gasteiger charge is -2.12. The first-order valence-electron chi connectivity index (χ1n) is 7.12. The number of amides is 1. The average Bonchev–Trinajstić information content (AvgIpc) is 2.50. The average molecular weight is 343 g/mol. The molecule has 1 atom stereocenters. The number of benzene rings is 1. The summed E-state index contributed by atoms with van der Waals surface area (Å²) in [5.41, 5.74) is 0. The Morgan fingerprint density at radius 2 is 1.87 bits per heavy atom. The molecule has 0 aliphatic rings. The first-order valence-corrected chi connectivity index (χ1v) is 8.78. The Bertz CT molecular complexity index is 638. The molecule has 1 aromatic rings. The second-order valence-electron chi connectivity index (χ2n) is 5.15. The van der Waals surface area contributed by atoms with Gasteiger partial charge in [0.25, 0.3) is 0 Å². The monoisotopic (exact) mass is 343 g/mol. The standard InChI is InChI=1S/C15H21NO6S/c1-11(15(19)16-9-3-4-14(17)18)10-23(20,21)13-7-5-12(22-2)6-8-13/h5-8,11H,3-4,9-10H2,1-2H3,(H,16,19)(H,17,18). The molecule has 1 aromatic carbocycles. The molecule has 8 heteroatoms. The molecule has 0 saturated carbocycles. The molecule has 2 N–H and O–H groups in total. The second-order valence-corrected chi connectivity index (χ2v) is 7.18. The van der Waals surface area contributed by atoms with Crippen LogP contribution >= 0.6 is 0 Å². The van der Waals surface area contributed by atoms with Crippen molar-refractivity contribution in [1.29, 1.82) is 0 Å². The number of rotatable bonds is 9. The van der Waals surface area contributed by atoms with Gasteiger partial charge in [-0.05, 0) is 30.7 Å². The minimum Gasteiger partial charge on any atom is -0.497 e. The molecular formula is C15H21NO6S. The first-order chi connectivity index (χ1) is 10.8. The van der Waals surface area contributed by atoms with Crippen LogP contribution in [0.1, 0.15) is 19.8 Å². The van der Waals surface area contributed by atoms with Gasteiger partial charge in [-0.3, -0.25) is 9.59 Å². The summed E-state index contributed by atoms with van der Waals surface area (Å²) in [7, 11) is -2.10. The van der Waals surface area contributed by atoms with Crippen molar-refractivity contribution in [2.24, 2.45) is 5.92 Å². The molecule has 0 spiro atoms. The van der Waals surface area contributed by atoms with Crippen molar-refractivity contribution in [3.05, 3.63) is 24.3 Å². The number of methoxy groups -OCH3 is 1. The number of hydrogen-bond acceptors (Lipinski definition) is 5. The quantitative estimate of drug-likeness (QED) is 0.650. The van der Waals surface area contributed by atoms with Crippen molar-refractivity contribution >= 4 is 21.7 Å². The van der Waals surface area contributed by atoms with Gasteiger partial charge in [-0.25, -0.2) is 8.42 Å². The fourth-order valence-corrected chi connectivity index (χ4v) is 3.46. The van der Waals surface area contributed by atoms with E-state index in [1.165, 1.54) is 26.2 Å². The number of carboxylic acid groups (broad SMARTS) is 1. The van der Waals surface area contributed by atoms with Crippen LogP contribution in [0, 0.1) is 5.92 Å². The van der Waals surface area contributed by atoms with Gasteiger partial charge >= 0.3 is 5.97 Å². The summed E-state index contributed by atoms with van der Waals surface area (Å²) in [5, 5.41) is 11.0. The van der Waals surface area contributed by atoms with Gasteiger partial charge in [0.05, 0.1) is 17.8 Å². The largest absolute Gasteiger partial charge is 0.497 e. The predicted molar refractivity (Wildman–Crippen MR) is 84.1 cm³/mol. The van der Waals surface area contributed by atoms with Crippen LogP contribution in [0.25, 0.3) is 0 Å². The van der Waals surface area contributed by atoms with E-state index in [-0.39, 0.29) is 23.6 Å². The van der Waals surface area contributed by atoms with E-state index in [0.717, 1.165) is 0 Å². The highest BCUT2D eigenvalue weighted by molar-refractivity contribution is 7.91. The molecule has 0 radical (unpaired) electrons. The van der Waals surface area contributed by atoms with Gasteiger partial charge in [-0.15, -0.1) is 0 Å². The topological polar surface area (TPSA) is 110 Å². The van der Waals surface area contributed by atoms with Crippen molar-refractivity contribution in [3.8, 4) is 5.75 Å². The van der Waals surface area contributed by atoms with Gasteiger partial charge in [0.15, 0.2) is 9.84 Å². The second kappa shape index (κ2) is 8.52. The fraction of sp³-hybridized carbons (Fsp3) is 0.467. The maximum Gasteiger partial charge on any atom is 0.303 e. The van der Waals surface area contributed by atoms with Gasteiger partial charge in [0.2, 0.25) is 5.91 Å². The van der Waals surface area contributed by atoms with Gasteiger partial charge in [-0.2, -0.15) is 0 Å². The molecule has 0 fully saturated rings. The van der Waals surface area contributed by atoms with E-state index >= 15 is 0 Å². The summed E-state index contributed by atoms with van der Waals surface area (Å²) in [5.74, 6) is -1.84. The molecule has 0 bridgehead atoms. The predicted octanol–water partition coefficient (Wildman–Crippen LogP) is 1.09. The van der Waals surface area contributed by atoms with Crippen molar-refractivity contribution in [2.75, 3.05) is 19.4 Å². The normalized spacial score (nSPS) is 12.4. The number of hydrogen-bond donors (Lipinski definition) is 2. The summed E-state index contributed by atoms with van der Waals surface area (Å²) >= 11 is 0. The van der Waals surface area contributed by atoms with Gasteiger partial charge < -0.3 is 15.2 Å². The zero-order valence-corrected chi connectivity index (χ0v) is 13.9. The van der Waals surface area contributed by atoms with Gasteiger partial charge in [0.1, 0.15) is 5.75 Å². The van der Waals surface area contributed by atoms with Crippen LogP contribution in [-0.2, 0) is 19.4 Å². The third-order valence-electron chi connectivity index (χ3n) is 3.20. The van der Waals surface area contributed by atoms with Crippen LogP contribution in [-0.4, -0.2) is 44.8 Å². The summed E-state index contributed by atoms with van der Waals surface area (Å²) < 4.78 is 29.5. The minimum atomic E-state index is -3.58. The van der Waals surface area contributed by atoms with Crippen LogP contribution in [0.15, 0.2) is 29.2 Å². The minimum absolute atomic E-state index is 0.0428. The lowest BCUT2D eigenvalue weighted by Crippen LogP contribution is -2.33. The molecular weight excluding hydrogens is 322 g/mol. The third kappa shape index (κ3) is 6.27. The van der Waals surface area contributed by atoms with Crippen molar-refractivity contribution in [3.63, 3.8) is 0 Å². The summed E-state index contributed by atoms with van der Waals surface area (Å²) in [6.45, 7) is 1.73. The number of carboxylic acids is 1. The summed E-state index contributed by atoms with van der Waals surface area (Å²) in [4.78, 5) is 22.3. The first kappa shape index (κ1) is 19.0. The molecule has 0 heterocycles. The Balaban J connectivity index is 2.58. The summed E-state index contributed by atoms with van der Waals surface area (Å²) in [6, 6.07) is 5.96. The van der Waals surface area contributed by atoms with E-state index in [1.807, 2.05) is 0 Å². The smallest absolute Gasteiger partial charge is 0.303 e. The Kier molecular flexibility index (Phi) is 7.02. The molecule has 1 amide bonds. The third-order valence-corrected chi connectivity index (χ3v) is 5.13. The molecule has 7 nitrogen and oxygen atoms in total. The van der Waals surface area contributed by atoms with Crippen LogP contribution in [0.5, 0.6) is 5.75 Å². The van der Waals surface area contributed by atoms with Gasteiger partial charge in [0, 0.05) is 18.9 Å². The Labute approximate surface area is 135 Å². The molecule has 0 aliphatic heterocycles. The zero-order valence-electron chi connectivity index (χ0n) is 13.1. The lowest BCUT2D eigenvalue weighted by molar-refractivity contribution is -0.137. The molecule has 0 aliphatic carbocycles. The Morgan fingerprint density at radius 3 is 2.39 bits per heavy atom. The van der Waals surface area contributed by atoms with E-state index in [4.69, 9.17) is 9.84 Å². The van der Waals surface area contributed by atoms with Crippen LogP contribution in [0.2, 0.25) is 0 Å². The summed E-state index contributed by atoms with van der Waals surface area (Å²) in [6.07, 6.45) is 0.262. The molecule has 0 saturated heterocycles. The Hall–Kier alpha value is -2.09. The van der Waals surface area contributed by atoms with Gasteiger partial charge in [-0.1, -0.05) is 6.92 Å². The van der Waals surface area contributed by atoms with E-state index in [2.05, 4.69) is 5.32 Å². The number of carbonyl (C=O) groups is 2. The number of aliphatic carboxylic acids is 1. The number of ether oxygens (including phenoxy) is 1. The molecule has 1 rings (SSSR count). The van der Waals surface area contributed by atoms with E-state index in [0.29, 0.717) is 12.2 Å². The van der Waals surface area contributed by atoms with E-state index in [9.17, 15) is 18.0 Å². The highest BCUT2D eigenvalue weighted by Crippen LogP contribution is 2.18. The number of nitrogens with one attached hydrogen (secondary N) is 1. The highest BCUT2D eigenvalue weighted by atomic mass is 32.2. The molecule has 0 aromatic heterocycles. The van der Waals surface area contributed by atoms with Crippen molar-refractivity contribution < 1.29 is 27.9 Å². The highest BCUT2D eigenvalue weighted by Gasteiger charge is 2.23. The molecule has 128 valence electrons. The van der Waals surface area contributed by atoms with Crippen molar-refractivity contribution in [1.82, 2.24) is 5.32 Å². The SMILES string of the molecule is COc1ccc(S(=O)(=O)CC(C)C(=O)NCCCC(=O)O)cc1. The van der Waals surface area contributed by atoms with Crippen LogP contribution < -0.4 is 10.1 Å². The number of carbonyl (C=O) groups excluding carboxylic acids is 1. The maximum absolute atomic E-state index is 12.3. The lowest BCUT2D eigenvalue weighted by atomic mass is 10.2. The number of sulfone groups is 1. The van der Waals surface area contributed by atoms with E-state index in [1.54, 1.807) is 12.1 Å². The van der Waals surface area contributed by atoms with Crippen LogP contribution in [0.4, 0.5) is 0 Å². The maximum atomic E-state index is 12.3. The van der Waals surface area contributed by atoms with E-state index < -0.39 is 27.6 Å².